The Hall–Kier alpha value is -1.53. The number of carbonyl (C=O) groups is 1. The van der Waals surface area contributed by atoms with E-state index >= 15 is 0 Å². The first-order chi connectivity index (χ1) is 5.65. The minimum absolute atomic E-state index is 0.238. The maximum absolute atomic E-state index is 11.9. The van der Waals surface area contributed by atoms with E-state index in [1.165, 1.54) is 0 Å². The van der Waals surface area contributed by atoms with Crippen molar-refractivity contribution in [1.29, 1.82) is 0 Å². The van der Waals surface area contributed by atoms with E-state index in [0.717, 1.165) is 13.3 Å². The number of aromatic nitrogens is 3. The lowest BCUT2D eigenvalue weighted by Gasteiger charge is -1.93. The average Bonchev–Trinajstić information content (AvgIpc) is 2.51. The van der Waals surface area contributed by atoms with Gasteiger partial charge >= 0.3 is 12.5 Å². The summed E-state index contributed by atoms with van der Waals surface area (Å²) in [5, 5.41) is 6.17. The molecule has 0 aromatic carbocycles. The van der Waals surface area contributed by atoms with Crippen LogP contribution in [0.1, 0.15) is 17.0 Å². The van der Waals surface area contributed by atoms with Crippen LogP contribution < -0.4 is 0 Å². The molecule has 66 valence electrons. The van der Waals surface area contributed by atoms with Gasteiger partial charge in [0.25, 0.3) is 0 Å². The zero-order valence-corrected chi connectivity index (χ0v) is 6.07. The van der Waals surface area contributed by atoms with Crippen molar-refractivity contribution in [1.82, 2.24) is 15.0 Å². The van der Waals surface area contributed by atoms with Crippen molar-refractivity contribution >= 4 is 5.97 Å². The first kappa shape index (κ1) is 8.57. The van der Waals surface area contributed by atoms with Crippen LogP contribution in [0.4, 0.5) is 8.78 Å². The van der Waals surface area contributed by atoms with Crippen LogP contribution in [0.5, 0.6) is 0 Å². The largest absolute Gasteiger partial charge is 0.464 e. The van der Waals surface area contributed by atoms with Crippen LogP contribution in [0.15, 0.2) is 6.20 Å². The molecular weight excluding hydrogens is 172 g/mol. The first-order valence-electron chi connectivity index (χ1n) is 2.93. The van der Waals surface area contributed by atoms with Crippen LogP contribution in [0, 0.1) is 0 Å². The molecule has 1 aromatic heterocycles. The van der Waals surface area contributed by atoms with Crippen LogP contribution in [-0.4, -0.2) is 28.1 Å². The van der Waals surface area contributed by atoms with E-state index in [4.69, 9.17) is 0 Å². The van der Waals surface area contributed by atoms with Gasteiger partial charge in [0.05, 0.1) is 13.3 Å². The Morgan fingerprint density at radius 2 is 2.42 bits per heavy atom. The van der Waals surface area contributed by atoms with Gasteiger partial charge in [-0.15, -0.1) is 5.10 Å². The fourth-order valence-electron chi connectivity index (χ4n) is 0.570. The van der Waals surface area contributed by atoms with Gasteiger partial charge in [-0.25, -0.2) is 4.79 Å². The molecule has 0 aliphatic rings. The van der Waals surface area contributed by atoms with Gasteiger partial charge in [0.2, 0.25) is 0 Å². The normalized spacial score (nSPS) is 10.3. The van der Waals surface area contributed by atoms with Gasteiger partial charge in [0.1, 0.15) is 0 Å². The molecule has 7 heteroatoms. The number of hydrogen-bond donors (Lipinski definition) is 0. The Labute approximate surface area is 65.9 Å². The molecule has 5 nitrogen and oxygen atoms in total. The summed E-state index contributed by atoms with van der Waals surface area (Å²) in [5.74, 6) is -0.790. The molecule has 0 aliphatic heterocycles. The lowest BCUT2D eigenvalue weighted by atomic mass is 10.5. The number of esters is 1. The molecule has 0 bridgehead atoms. The van der Waals surface area contributed by atoms with Crippen molar-refractivity contribution < 1.29 is 18.3 Å². The smallest absolute Gasteiger partial charge is 0.360 e. The summed E-state index contributed by atoms with van der Waals surface area (Å²) >= 11 is 0. The van der Waals surface area contributed by atoms with Crippen LogP contribution in [-0.2, 0) is 4.74 Å². The van der Waals surface area contributed by atoms with E-state index in [1.807, 2.05) is 0 Å². The van der Waals surface area contributed by atoms with Crippen molar-refractivity contribution in [2.75, 3.05) is 7.11 Å². The zero-order valence-electron chi connectivity index (χ0n) is 6.07. The summed E-state index contributed by atoms with van der Waals surface area (Å²) in [6.07, 6.45) is 0.816. The van der Waals surface area contributed by atoms with Crippen LogP contribution >= 0.6 is 0 Å². The summed E-state index contributed by atoms with van der Waals surface area (Å²) in [6, 6.07) is 0. The fraction of sp³-hybridized carbons (Fsp3) is 0.400. The Morgan fingerprint density at radius 1 is 1.75 bits per heavy atom. The maximum Gasteiger partial charge on any atom is 0.360 e. The van der Waals surface area contributed by atoms with Crippen molar-refractivity contribution in [2.45, 2.75) is 6.55 Å². The molecule has 0 aliphatic carbocycles. The van der Waals surface area contributed by atoms with E-state index in [2.05, 4.69) is 15.0 Å². The van der Waals surface area contributed by atoms with Crippen molar-refractivity contribution in [2.24, 2.45) is 0 Å². The molecule has 0 saturated carbocycles. The third kappa shape index (κ3) is 1.55. The standard InChI is InChI=1S/C5H5F2N3O2/c1-12-4(11)3-2-10(5(6)7)9-8-3/h2,5H,1H3. The van der Waals surface area contributed by atoms with Gasteiger partial charge < -0.3 is 4.74 Å². The van der Waals surface area contributed by atoms with Gasteiger partial charge in [0, 0.05) is 0 Å². The quantitative estimate of drug-likeness (QED) is 0.616. The topological polar surface area (TPSA) is 57.0 Å². The molecule has 0 radical (unpaired) electrons. The van der Waals surface area contributed by atoms with Crippen LogP contribution in [0.25, 0.3) is 0 Å². The number of carbonyl (C=O) groups excluding carboxylic acids is 1. The molecule has 0 N–H and O–H groups in total. The van der Waals surface area contributed by atoms with Gasteiger partial charge in [0.15, 0.2) is 5.69 Å². The van der Waals surface area contributed by atoms with E-state index < -0.39 is 12.5 Å². The molecule has 12 heavy (non-hydrogen) atoms. The molecule has 0 spiro atoms. The number of ether oxygens (including phenoxy) is 1. The minimum Gasteiger partial charge on any atom is -0.464 e. The fourth-order valence-corrected chi connectivity index (χ4v) is 0.570. The molecule has 1 aromatic rings. The number of nitrogens with zero attached hydrogens (tertiary/aromatic N) is 3. The number of hydrogen-bond acceptors (Lipinski definition) is 4. The average molecular weight is 177 g/mol. The van der Waals surface area contributed by atoms with Crippen LogP contribution in [0.2, 0.25) is 0 Å². The Bertz CT molecular complexity index is 286. The minimum atomic E-state index is -2.80. The first-order valence-corrected chi connectivity index (χ1v) is 2.93. The summed E-state index contributed by atoms with van der Waals surface area (Å²) in [5.41, 5.74) is -0.238. The third-order valence-corrected chi connectivity index (χ3v) is 1.10. The lowest BCUT2D eigenvalue weighted by molar-refractivity contribution is 0.0544. The summed E-state index contributed by atoms with van der Waals surface area (Å²) in [6.45, 7) is -2.80. The number of alkyl halides is 2. The summed E-state index contributed by atoms with van der Waals surface area (Å²) in [4.78, 5) is 10.7. The highest BCUT2D eigenvalue weighted by atomic mass is 19.3. The maximum atomic E-state index is 11.9. The lowest BCUT2D eigenvalue weighted by Crippen LogP contribution is -2.01. The van der Waals surface area contributed by atoms with Gasteiger partial charge in [-0.05, 0) is 0 Å². The second-order valence-electron chi connectivity index (χ2n) is 1.85. The highest BCUT2D eigenvalue weighted by Gasteiger charge is 2.14. The molecular formula is C5H5F2N3O2. The predicted octanol–water partition coefficient (Wildman–Crippen LogP) is 0.460. The van der Waals surface area contributed by atoms with E-state index in [1.54, 1.807) is 0 Å². The number of methoxy groups -OCH3 is 1. The highest BCUT2D eigenvalue weighted by molar-refractivity contribution is 5.86. The van der Waals surface area contributed by atoms with Gasteiger partial charge in [-0.1, -0.05) is 5.21 Å². The molecule has 0 unspecified atom stereocenters. The molecule has 1 heterocycles. The number of rotatable bonds is 2. The third-order valence-electron chi connectivity index (χ3n) is 1.10. The number of halogens is 2. The second kappa shape index (κ2) is 3.24. The van der Waals surface area contributed by atoms with Crippen molar-refractivity contribution in [3.63, 3.8) is 0 Å². The molecule has 0 amide bonds. The van der Waals surface area contributed by atoms with Crippen molar-refractivity contribution in [3.8, 4) is 0 Å². The summed E-state index contributed by atoms with van der Waals surface area (Å²) < 4.78 is 28.2. The van der Waals surface area contributed by atoms with Crippen molar-refractivity contribution in [3.05, 3.63) is 11.9 Å². The van der Waals surface area contributed by atoms with Gasteiger partial charge in [-0.2, -0.15) is 13.5 Å². The van der Waals surface area contributed by atoms with E-state index in [9.17, 15) is 13.6 Å². The second-order valence-corrected chi connectivity index (χ2v) is 1.85. The monoisotopic (exact) mass is 177 g/mol. The Morgan fingerprint density at radius 3 is 2.83 bits per heavy atom. The van der Waals surface area contributed by atoms with E-state index in [0.29, 0.717) is 0 Å². The predicted molar refractivity (Wildman–Crippen MR) is 32.6 cm³/mol. The molecule has 0 fully saturated rings. The van der Waals surface area contributed by atoms with Crippen LogP contribution in [0.3, 0.4) is 0 Å². The Balaban J connectivity index is 2.84. The highest BCUT2D eigenvalue weighted by Crippen LogP contribution is 2.07. The SMILES string of the molecule is COC(=O)c1cn(C(F)F)nn1. The molecule has 1 rings (SSSR count). The summed E-state index contributed by atoms with van der Waals surface area (Å²) in [7, 11) is 1.13. The molecule has 0 saturated heterocycles. The molecule has 0 atom stereocenters. The zero-order chi connectivity index (χ0) is 9.14. The van der Waals surface area contributed by atoms with Gasteiger partial charge in [-0.3, -0.25) is 0 Å². The van der Waals surface area contributed by atoms with E-state index in [-0.39, 0.29) is 10.4 Å². The Kier molecular flexibility index (Phi) is 2.32.